The van der Waals surface area contributed by atoms with Gasteiger partial charge in [0.2, 0.25) is 11.8 Å². The second kappa shape index (κ2) is 9.75. The van der Waals surface area contributed by atoms with Crippen molar-refractivity contribution in [3.8, 4) is 0 Å². The topological polar surface area (TPSA) is 61.4 Å². The average Bonchev–Trinajstić information content (AvgIpc) is 2.46. The number of rotatable bonds is 8. The summed E-state index contributed by atoms with van der Waals surface area (Å²) in [6, 6.07) is 0. The predicted molar refractivity (Wildman–Crippen MR) is 80.4 cm³/mol. The maximum absolute atomic E-state index is 11.7. The van der Waals surface area contributed by atoms with Crippen LogP contribution in [0.4, 0.5) is 0 Å². The molecule has 5 nitrogen and oxygen atoms in total. The largest absolute Gasteiger partial charge is 0.353 e. The van der Waals surface area contributed by atoms with Crippen molar-refractivity contribution in [2.24, 2.45) is 5.92 Å². The maximum Gasteiger partial charge on any atom is 0.239 e. The van der Waals surface area contributed by atoms with Crippen LogP contribution in [0.1, 0.15) is 45.4 Å². The number of amides is 2. The first kappa shape index (κ1) is 17.0. The molecule has 1 aliphatic rings. The molecule has 0 saturated heterocycles. The highest BCUT2D eigenvalue weighted by Crippen LogP contribution is 2.25. The monoisotopic (exact) mass is 283 g/mol. The number of hydrogen-bond donors (Lipinski definition) is 2. The van der Waals surface area contributed by atoms with Crippen molar-refractivity contribution in [1.82, 2.24) is 15.5 Å². The van der Waals surface area contributed by atoms with E-state index in [1.54, 1.807) is 0 Å². The Morgan fingerprint density at radius 1 is 1.10 bits per heavy atom. The molecule has 0 atom stereocenters. The highest BCUT2D eigenvalue weighted by Gasteiger charge is 2.17. The number of nitrogens with one attached hydrogen (secondary N) is 2. The summed E-state index contributed by atoms with van der Waals surface area (Å²) < 4.78 is 0. The van der Waals surface area contributed by atoms with Crippen molar-refractivity contribution in [3.63, 3.8) is 0 Å². The van der Waals surface area contributed by atoms with E-state index >= 15 is 0 Å². The van der Waals surface area contributed by atoms with Gasteiger partial charge in [0.05, 0.1) is 6.54 Å². The summed E-state index contributed by atoms with van der Waals surface area (Å²) in [5.74, 6) is 0.425. The van der Waals surface area contributed by atoms with Gasteiger partial charge in [0, 0.05) is 19.5 Å². The van der Waals surface area contributed by atoms with Crippen LogP contribution in [-0.2, 0) is 9.59 Å². The van der Waals surface area contributed by atoms with Crippen molar-refractivity contribution in [2.45, 2.75) is 45.4 Å². The molecule has 1 saturated carbocycles. The molecule has 0 unspecified atom stereocenters. The lowest BCUT2D eigenvalue weighted by atomic mass is 9.87. The van der Waals surface area contributed by atoms with Gasteiger partial charge < -0.3 is 15.5 Å². The Hall–Kier alpha value is -1.10. The van der Waals surface area contributed by atoms with Gasteiger partial charge in [-0.2, -0.15) is 0 Å². The molecule has 0 aromatic heterocycles. The lowest BCUT2D eigenvalue weighted by Crippen LogP contribution is -2.40. The van der Waals surface area contributed by atoms with E-state index < -0.39 is 0 Å². The van der Waals surface area contributed by atoms with Crippen molar-refractivity contribution >= 4 is 11.8 Å². The fourth-order valence-corrected chi connectivity index (χ4v) is 2.51. The summed E-state index contributed by atoms with van der Waals surface area (Å²) in [5.41, 5.74) is 0. The summed E-state index contributed by atoms with van der Waals surface area (Å²) in [5, 5.41) is 5.53. The SMILES string of the molecule is CCN(C)CCNC(=O)CNC(=O)CC1CCCCC1. The molecule has 0 aromatic rings. The molecule has 5 heteroatoms. The molecule has 0 aliphatic heterocycles. The number of nitrogens with zero attached hydrogens (tertiary/aromatic N) is 1. The molecule has 0 spiro atoms. The zero-order valence-electron chi connectivity index (χ0n) is 12.9. The summed E-state index contributed by atoms with van der Waals surface area (Å²) in [7, 11) is 2.01. The molecule has 0 heterocycles. The van der Waals surface area contributed by atoms with Crippen LogP contribution < -0.4 is 10.6 Å². The van der Waals surface area contributed by atoms with Gasteiger partial charge in [0.15, 0.2) is 0 Å². The van der Waals surface area contributed by atoms with E-state index in [1.165, 1.54) is 19.3 Å². The van der Waals surface area contributed by atoms with Gasteiger partial charge in [-0.3, -0.25) is 9.59 Å². The van der Waals surface area contributed by atoms with Crippen LogP contribution in [0.25, 0.3) is 0 Å². The first-order valence-electron chi connectivity index (χ1n) is 7.83. The molecule has 20 heavy (non-hydrogen) atoms. The van der Waals surface area contributed by atoms with E-state index in [4.69, 9.17) is 0 Å². The van der Waals surface area contributed by atoms with E-state index in [-0.39, 0.29) is 18.4 Å². The molecular weight excluding hydrogens is 254 g/mol. The molecule has 2 amide bonds. The van der Waals surface area contributed by atoms with Crippen LogP contribution in [0.5, 0.6) is 0 Å². The highest BCUT2D eigenvalue weighted by atomic mass is 16.2. The molecule has 116 valence electrons. The Morgan fingerprint density at radius 3 is 2.45 bits per heavy atom. The zero-order chi connectivity index (χ0) is 14.8. The van der Waals surface area contributed by atoms with Gasteiger partial charge in [0.1, 0.15) is 0 Å². The van der Waals surface area contributed by atoms with Gasteiger partial charge in [0.25, 0.3) is 0 Å². The van der Waals surface area contributed by atoms with E-state index in [1.807, 2.05) is 7.05 Å². The number of likely N-dealkylation sites (N-methyl/N-ethyl adjacent to an activating group) is 1. The van der Waals surface area contributed by atoms with E-state index in [9.17, 15) is 9.59 Å². The van der Waals surface area contributed by atoms with Gasteiger partial charge in [-0.25, -0.2) is 0 Å². The lowest BCUT2D eigenvalue weighted by Gasteiger charge is -2.20. The average molecular weight is 283 g/mol. The van der Waals surface area contributed by atoms with Crippen LogP contribution in [0, 0.1) is 5.92 Å². The van der Waals surface area contributed by atoms with Crippen molar-refractivity contribution < 1.29 is 9.59 Å². The van der Waals surface area contributed by atoms with E-state index in [0.29, 0.717) is 18.9 Å². The minimum Gasteiger partial charge on any atom is -0.353 e. The second-order valence-electron chi connectivity index (χ2n) is 5.73. The summed E-state index contributed by atoms with van der Waals surface area (Å²) in [6.07, 6.45) is 6.66. The Balaban J connectivity index is 2.06. The molecule has 2 N–H and O–H groups in total. The molecule has 1 aliphatic carbocycles. The highest BCUT2D eigenvalue weighted by molar-refractivity contribution is 5.84. The Kier molecular flexibility index (Phi) is 8.26. The summed E-state index contributed by atoms with van der Waals surface area (Å²) in [6.45, 7) is 4.60. The predicted octanol–water partition coefficient (Wildman–Crippen LogP) is 1.14. The maximum atomic E-state index is 11.7. The minimum atomic E-state index is -0.105. The molecule has 1 rings (SSSR count). The van der Waals surface area contributed by atoms with Crippen LogP contribution in [-0.4, -0.2) is 49.9 Å². The molecular formula is C15H29N3O2. The molecule has 0 aromatic carbocycles. The Labute approximate surface area is 122 Å². The first-order valence-corrected chi connectivity index (χ1v) is 7.83. The van der Waals surface area contributed by atoms with E-state index in [2.05, 4.69) is 22.5 Å². The summed E-state index contributed by atoms with van der Waals surface area (Å²) in [4.78, 5) is 25.4. The normalized spacial score (nSPS) is 16.1. The molecule has 0 radical (unpaired) electrons. The fourth-order valence-electron chi connectivity index (χ4n) is 2.51. The number of hydrogen-bond acceptors (Lipinski definition) is 3. The minimum absolute atomic E-state index is 0.0118. The number of carbonyl (C=O) groups is 2. The van der Waals surface area contributed by atoms with Crippen LogP contribution in [0.3, 0.4) is 0 Å². The van der Waals surface area contributed by atoms with Gasteiger partial charge >= 0.3 is 0 Å². The standard InChI is InChI=1S/C15H29N3O2/c1-3-18(2)10-9-16-15(20)12-17-14(19)11-13-7-5-4-6-8-13/h13H,3-12H2,1-2H3,(H,16,20)(H,17,19). The van der Waals surface area contributed by atoms with Crippen molar-refractivity contribution in [3.05, 3.63) is 0 Å². The zero-order valence-corrected chi connectivity index (χ0v) is 12.9. The Bertz CT molecular complexity index is 301. The van der Waals surface area contributed by atoms with Gasteiger partial charge in [-0.15, -0.1) is 0 Å². The molecule has 0 bridgehead atoms. The van der Waals surface area contributed by atoms with Gasteiger partial charge in [-0.05, 0) is 32.4 Å². The van der Waals surface area contributed by atoms with Crippen LogP contribution in [0.2, 0.25) is 0 Å². The third-order valence-electron chi connectivity index (χ3n) is 4.00. The van der Waals surface area contributed by atoms with Crippen LogP contribution in [0.15, 0.2) is 0 Å². The van der Waals surface area contributed by atoms with Gasteiger partial charge in [-0.1, -0.05) is 26.2 Å². The van der Waals surface area contributed by atoms with Crippen molar-refractivity contribution in [1.29, 1.82) is 0 Å². The first-order chi connectivity index (χ1) is 9.61. The van der Waals surface area contributed by atoms with E-state index in [0.717, 1.165) is 25.9 Å². The third-order valence-corrected chi connectivity index (χ3v) is 4.00. The quantitative estimate of drug-likeness (QED) is 0.702. The molecule has 1 fully saturated rings. The number of carbonyl (C=O) groups excluding carboxylic acids is 2. The summed E-state index contributed by atoms with van der Waals surface area (Å²) >= 11 is 0. The third kappa shape index (κ3) is 7.48. The fraction of sp³-hybridized carbons (Fsp3) is 0.867. The van der Waals surface area contributed by atoms with Crippen molar-refractivity contribution in [2.75, 3.05) is 33.2 Å². The second-order valence-corrected chi connectivity index (χ2v) is 5.73. The van der Waals surface area contributed by atoms with Crippen LogP contribution >= 0.6 is 0 Å². The lowest BCUT2D eigenvalue weighted by molar-refractivity contribution is -0.126. The smallest absolute Gasteiger partial charge is 0.239 e. The Morgan fingerprint density at radius 2 is 1.80 bits per heavy atom.